The predicted molar refractivity (Wildman–Crippen MR) is 157 cm³/mol. The van der Waals surface area contributed by atoms with Gasteiger partial charge in [-0.3, -0.25) is 29.5 Å². The molecule has 42 heavy (non-hydrogen) atoms. The van der Waals surface area contributed by atoms with Crippen molar-refractivity contribution < 1.29 is 23.6 Å². The Balaban J connectivity index is 1.41. The lowest BCUT2D eigenvalue weighted by Gasteiger charge is -2.25. The Bertz CT molecular complexity index is 1530. The number of amides is 4. The van der Waals surface area contributed by atoms with Crippen LogP contribution in [0.25, 0.3) is 11.0 Å². The van der Waals surface area contributed by atoms with Crippen molar-refractivity contribution in [3.8, 4) is 0 Å². The molecule has 0 aliphatic carbocycles. The van der Waals surface area contributed by atoms with Gasteiger partial charge < -0.3 is 24.9 Å². The number of aryl methyl sites for hydroxylation is 1. The Morgan fingerprint density at radius 2 is 1.81 bits per heavy atom. The zero-order chi connectivity index (χ0) is 29.6. The van der Waals surface area contributed by atoms with Gasteiger partial charge in [-0.05, 0) is 75.4 Å². The summed E-state index contributed by atoms with van der Waals surface area (Å²) >= 11 is 0. The number of furan rings is 1. The Morgan fingerprint density at radius 3 is 2.60 bits per heavy atom. The SMILES string of the molecule is CNC(=O)c1cc(C(=O)NC(=N[C@H]2CCCCN(CC(=O)N3CCCC3)C2=O)Nc2ccc3oc(C)cc3c2)ccn1. The van der Waals surface area contributed by atoms with Gasteiger partial charge in [0.05, 0.1) is 6.54 Å². The zero-order valence-electron chi connectivity index (χ0n) is 23.8. The summed E-state index contributed by atoms with van der Waals surface area (Å²) in [5, 5.41) is 9.29. The molecule has 0 saturated carbocycles. The molecule has 220 valence electrons. The van der Waals surface area contributed by atoms with Gasteiger partial charge in [0.15, 0.2) is 0 Å². The Labute approximate surface area is 243 Å². The number of aliphatic imine (C=N–C) groups is 1. The molecule has 2 fully saturated rings. The Kier molecular flexibility index (Phi) is 8.80. The highest BCUT2D eigenvalue weighted by atomic mass is 16.3. The van der Waals surface area contributed by atoms with Crippen LogP contribution in [-0.4, -0.2) is 83.6 Å². The van der Waals surface area contributed by atoms with Crippen LogP contribution >= 0.6 is 0 Å². The third-order valence-corrected chi connectivity index (χ3v) is 7.44. The van der Waals surface area contributed by atoms with Crippen LogP contribution in [0.2, 0.25) is 0 Å². The van der Waals surface area contributed by atoms with Crippen molar-refractivity contribution in [2.24, 2.45) is 4.99 Å². The van der Waals surface area contributed by atoms with E-state index in [0.717, 1.165) is 55.5 Å². The molecule has 3 N–H and O–H groups in total. The summed E-state index contributed by atoms with van der Waals surface area (Å²) in [6.45, 7) is 3.81. The lowest BCUT2D eigenvalue weighted by Crippen LogP contribution is -2.45. The highest BCUT2D eigenvalue weighted by Gasteiger charge is 2.30. The van der Waals surface area contributed by atoms with Crippen molar-refractivity contribution in [2.75, 3.05) is 38.5 Å². The van der Waals surface area contributed by atoms with E-state index < -0.39 is 17.9 Å². The maximum atomic E-state index is 13.6. The van der Waals surface area contributed by atoms with E-state index in [1.165, 1.54) is 25.4 Å². The molecule has 1 atom stereocenters. The second kappa shape index (κ2) is 12.8. The van der Waals surface area contributed by atoms with Crippen molar-refractivity contribution >= 4 is 46.2 Å². The molecule has 4 heterocycles. The fraction of sp³-hybridized carbons (Fsp3) is 0.400. The molecule has 12 heteroatoms. The Hall–Kier alpha value is -4.74. The van der Waals surface area contributed by atoms with Crippen LogP contribution in [-0.2, 0) is 9.59 Å². The number of pyridine rings is 1. The first-order valence-corrected chi connectivity index (χ1v) is 14.2. The number of fused-ring (bicyclic) bond motifs is 1. The molecule has 2 aliphatic heterocycles. The number of hydrogen-bond donors (Lipinski definition) is 3. The van der Waals surface area contributed by atoms with Crippen molar-refractivity contribution in [3.63, 3.8) is 0 Å². The minimum absolute atomic E-state index is 0.0236. The monoisotopic (exact) mass is 573 g/mol. The molecule has 0 radical (unpaired) electrons. The smallest absolute Gasteiger partial charge is 0.269 e. The van der Waals surface area contributed by atoms with Gasteiger partial charge in [0.2, 0.25) is 17.8 Å². The van der Waals surface area contributed by atoms with Crippen molar-refractivity contribution in [1.82, 2.24) is 25.4 Å². The summed E-state index contributed by atoms with van der Waals surface area (Å²) in [4.78, 5) is 63.9. The van der Waals surface area contributed by atoms with E-state index in [2.05, 4.69) is 20.9 Å². The van der Waals surface area contributed by atoms with E-state index in [1.807, 2.05) is 25.1 Å². The molecule has 2 aliphatic rings. The average molecular weight is 574 g/mol. The highest BCUT2D eigenvalue weighted by molar-refractivity contribution is 6.11. The highest BCUT2D eigenvalue weighted by Crippen LogP contribution is 2.23. The minimum atomic E-state index is -0.791. The van der Waals surface area contributed by atoms with Crippen LogP contribution < -0.4 is 16.0 Å². The van der Waals surface area contributed by atoms with E-state index >= 15 is 0 Å². The zero-order valence-corrected chi connectivity index (χ0v) is 23.8. The molecule has 2 saturated heterocycles. The summed E-state index contributed by atoms with van der Waals surface area (Å²) in [5.41, 5.74) is 1.64. The molecule has 1 aromatic carbocycles. The maximum absolute atomic E-state index is 13.6. The minimum Gasteiger partial charge on any atom is -0.461 e. The van der Waals surface area contributed by atoms with Crippen molar-refractivity contribution in [1.29, 1.82) is 0 Å². The third kappa shape index (κ3) is 6.76. The van der Waals surface area contributed by atoms with Crippen LogP contribution in [0.1, 0.15) is 58.7 Å². The summed E-state index contributed by atoms with van der Waals surface area (Å²) in [7, 11) is 1.48. The lowest BCUT2D eigenvalue weighted by atomic mass is 10.1. The summed E-state index contributed by atoms with van der Waals surface area (Å²) in [6, 6.07) is 9.44. The second-order valence-corrected chi connectivity index (χ2v) is 10.5. The van der Waals surface area contributed by atoms with E-state index in [1.54, 1.807) is 15.9 Å². The van der Waals surface area contributed by atoms with E-state index in [4.69, 9.17) is 9.41 Å². The standard InChI is InChI=1S/C30H35N7O5/c1-19-15-21-16-22(8-9-25(21)42-19)33-30(35-27(39)20-10-11-32-24(17-20)28(40)31-2)34-23-7-3-4-14-37(29(23)41)18-26(38)36-12-5-6-13-36/h8-11,15-17,23H,3-7,12-14,18H2,1-2H3,(H,31,40)(H2,33,34,35,39)/t23-/m0/s1. The molecule has 0 unspecified atom stereocenters. The molecular weight excluding hydrogens is 538 g/mol. The van der Waals surface area contributed by atoms with E-state index in [-0.39, 0.29) is 35.6 Å². The molecule has 2 aromatic heterocycles. The van der Waals surface area contributed by atoms with E-state index in [9.17, 15) is 19.2 Å². The number of benzene rings is 1. The topological polar surface area (TPSA) is 149 Å². The number of carbonyl (C=O) groups excluding carboxylic acids is 4. The van der Waals surface area contributed by atoms with E-state index in [0.29, 0.717) is 18.7 Å². The fourth-order valence-electron chi connectivity index (χ4n) is 5.24. The number of carbonyl (C=O) groups is 4. The predicted octanol–water partition coefficient (Wildman–Crippen LogP) is 2.70. The van der Waals surface area contributed by atoms with Gasteiger partial charge in [-0.1, -0.05) is 0 Å². The number of nitrogens with one attached hydrogen (secondary N) is 3. The fourth-order valence-corrected chi connectivity index (χ4v) is 5.24. The van der Waals surface area contributed by atoms with Gasteiger partial charge >= 0.3 is 0 Å². The van der Waals surface area contributed by atoms with Crippen molar-refractivity contribution in [2.45, 2.75) is 45.1 Å². The average Bonchev–Trinajstić information content (AvgIpc) is 3.63. The second-order valence-electron chi connectivity index (χ2n) is 10.5. The molecular formula is C30H35N7O5. The number of nitrogens with zero attached hydrogens (tertiary/aromatic N) is 4. The number of hydrogen-bond acceptors (Lipinski definition) is 7. The maximum Gasteiger partial charge on any atom is 0.269 e. The number of likely N-dealkylation sites (tertiary alicyclic amines) is 2. The summed E-state index contributed by atoms with van der Waals surface area (Å²) in [6.07, 6.45) is 5.32. The van der Waals surface area contributed by atoms with Crippen LogP contribution in [0.4, 0.5) is 5.69 Å². The van der Waals surface area contributed by atoms with Gasteiger partial charge in [-0.25, -0.2) is 4.99 Å². The van der Waals surface area contributed by atoms with Crippen LogP contribution in [0, 0.1) is 6.92 Å². The van der Waals surface area contributed by atoms with Gasteiger partial charge in [0, 0.05) is 49.5 Å². The first kappa shape index (κ1) is 28.8. The van der Waals surface area contributed by atoms with Gasteiger partial charge in [0.25, 0.3) is 11.8 Å². The van der Waals surface area contributed by atoms with Crippen LogP contribution in [0.15, 0.2) is 52.0 Å². The molecule has 0 spiro atoms. The quantitative estimate of drug-likeness (QED) is 0.303. The molecule has 0 bridgehead atoms. The van der Waals surface area contributed by atoms with Crippen LogP contribution in [0.3, 0.4) is 0 Å². The third-order valence-electron chi connectivity index (χ3n) is 7.44. The number of aromatic nitrogens is 1. The van der Waals surface area contributed by atoms with Gasteiger partial charge in [0.1, 0.15) is 23.1 Å². The molecule has 12 nitrogen and oxygen atoms in total. The molecule has 4 amide bonds. The molecule has 5 rings (SSSR count). The normalized spacial score (nSPS) is 17.7. The number of rotatable bonds is 6. The Morgan fingerprint density at radius 1 is 1.02 bits per heavy atom. The van der Waals surface area contributed by atoms with Gasteiger partial charge in [-0.2, -0.15) is 0 Å². The lowest BCUT2D eigenvalue weighted by molar-refractivity contribution is -0.140. The number of guanidine groups is 1. The molecule has 3 aromatic rings. The first-order chi connectivity index (χ1) is 20.3. The summed E-state index contributed by atoms with van der Waals surface area (Å²) < 4.78 is 5.67. The number of anilines is 1. The summed E-state index contributed by atoms with van der Waals surface area (Å²) in [5.74, 6) is -0.416. The first-order valence-electron chi connectivity index (χ1n) is 14.2. The van der Waals surface area contributed by atoms with Crippen molar-refractivity contribution in [3.05, 3.63) is 59.6 Å². The van der Waals surface area contributed by atoms with Crippen LogP contribution in [0.5, 0.6) is 0 Å². The largest absolute Gasteiger partial charge is 0.461 e. The van der Waals surface area contributed by atoms with Gasteiger partial charge in [-0.15, -0.1) is 0 Å².